The molecule has 0 heterocycles. The zero-order valence-corrected chi connectivity index (χ0v) is 10.3. The predicted octanol–water partition coefficient (Wildman–Crippen LogP) is 2.02. The largest absolute Gasteiger partial charge is 0.395 e. The van der Waals surface area contributed by atoms with E-state index in [2.05, 4.69) is 6.92 Å². The number of nitrogens with zero attached hydrogens (tertiary/aromatic N) is 1. The molecule has 0 aromatic rings. The monoisotopic (exact) mass is 235 g/mol. The smallest absolute Gasteiger partial charge is 0.222 e. The van der Waals surface area contributed by atoms with E-state index in [1.54, 1.807) is 4.90 Å². The van der Waals surface area contributed by atoms with Crippen molar-refractivity contribution in [3.63, 3.8) is 0 Å². The van der Waals surface area contributed by atoms with Crippen LogP contribution in [0.4, 0.5) is 0 Å². The molecule has 0 rings (SSSR count). The van der Waals surface area contributed by atoms with Crippen LogP contribution in [0.2, 0.25) is 0 Å². The van der Waals surface area contributed by atoms with Crippen molar-refractivity contribution in [3.05, 3.63) is 0 Å². The van der Waals surface area contributed by atoms with Gasteiger partial charge in [-0.15, -0.1) is 11.6 Å². The lowest BCUT2D eigenvalue weighted by Crippen LogP contribution is -2.34. The lowest BCUT2D eigenvalue weighted by Gasteiger charge is -2.21. The molecule has 0 saturated heterocycles. The molecule has 0 aromatic heterocycles. The van der Waals surface area contributed by atoms with Gasteiger partial charge in [0.2, 0.25) is 5.91 Å². The second kappa shape index (κ2) is 10.2. The Morgan fingerprint density at radius 2 is 2.00 bits per heavy atom. The number of aliphatic hydroxyl groups is 1. The van der Waals surface area contributed by atoms with E-state index in [1.165, 1.54) is 0 Å². The minimum absolute atomic E-state index is 0.0466. The Morgan fingerprint density at radius 1 is 1.27 bits per heavy atom. The van der Waals surface area contributed by atoms with E-state index in [0.717, 1.165) is 32.2 Å². The van der Waals surface area contributed by atoms with Gasteiger partial charge in [-0.1, -0.05) is 13.3 Å². The molecule has 0 fully saturated rings. The quantitative estimate of drug-likeness (QED) is 0.491. The fraction of sp³-hybridized carbons (Fsp3) is 0.909. The number of hydrogen-bond donors (Lipinski definition) is 1. The van der Waals surface area contributed by atoms with Crippen molar-refractivity contribution in [2.75, 3.05) is 25.6 Å². The highest BCUT2D eigenvalue weighted by molar-refractivity contribution is 6.17. The van der Waals surface area contributed by atoms with E-state index in [-0.39, 0.29) is 12.5 Å². The Labute approximate surface area is 97.4 Å². The third-order valence-corrected chi connectivity index (χ3v) is 2.55. The number of unbranched alkanes of at least 4 members (excludes halogenated alkanes) is 2. The summed E-state index contributed by atoms with van der Waals surface area (Å²) in [5.74, 6) is 0.755. The minimum Gasteiger partial charge on any atom is -0.395 e. The molecule has 1 amide bonds. The first-order valence-electron chi connectivity index (χ1n) is 5.70. The van der Waals surface area contributed by atoms with Crippen LogP contribution in [0.1, 0.15) is 39.0 Å². The van der Waals surface area contributed by atoms with Gasteiger partial charge < -0.3 is 10.0 Å². The molecule has 0 aliphatic carbocycles. The van der Waals surface area contributed by atoms with Crippen LogP contribution < -0.4 is 0 Å². The zero-order chi connectivity index (χ0) is 11.5. The lowest BCUT2D eigenvalue weighted by molar-refractivity contribution is -0.131. The van der Waals surface area contributed by atoms with Gasteiger partial charge in [-0.3, -0.25) is 4.79 Å². The van der Waals surface area contributed by atoms with Crippen LogP contribution in [0.3, 0.4) is 0 Å². The van der Waals surface area contributed by atoms with Crippen molar-refractivity contribution < 1.29 is 9.90 Å². The Hall–Kier alpha value is -0.280. The van der Waals surface area contributed by atoms with Crippen LogP contribution in [0.5, 0.6) is 0 Å². The van der Waals surface area contributed by atoms with Crippen molar-refractivity contribution in [1.82, 2.24) is 4.90 Å². The van der Waals surface area contributed by atoms with E-state index in [9.17, 15) is 4.79 Å². The molecule has 0 spiro atoms. The fourth-order valence-corrected chi connectivity index (χ4v) is 1.55. The highest BCUT2D eigenvalue weighted by Gasteiger charge is 2.11. The first kappa shape index (κ1) is 14.7. The SMILES string of the molecule is CCCCN(CCO)C(=O)CCCCCl. The Kier molecular flexibility index (Phi) is 10.1. The summed E-state index contributed by atoms with van der Waals surface area (Å²) in [4.78, 5) is 13.4. The van der Waals surface area contributed by atoms with E-state index in [1.807, 2.05) is 0 Å². The number of carbonyl (C=O) groups excluding carboxylic acids is 1. The molecular formula is C11H22ClNO2. The molecule has 3 nitrogen and oxygen atoms in total. The van der Waals surface area contributed by atoms with Gasteiger partial charge in [0.25, 0.3) is 0 Å². The highest BCUT2D eigenvalue weighted by atomic mass is 35.5. The van der Waals surface area contributed by atoms with Crippen molar-refractivity contribution >= 4 is 17.5 Å². The van der Waals surface area contributed by atoms with Gasteiger partial charge in [0.05, 0.1) is 6.61 Å². The number of hydrogen-bond acceptors (Lipinski definition) is 2. The van der Waals surface area contributed by atoms with Gasteiger partial charge in [-0.05, 0) is 19.3 Å². The Morgan fingerprint density at radius 3 is 2.53 bits per heavy atom. The second-order valence-corrected chi connectivity index (χ2v) is 3.98. The van der Waals surface area contributed by atoms with Crippen molar-refractivity contribution in [1.29, 1.82) is 0 Å². The maximum atomic E-state index is 11.7. The third-order valence-electron chi connectivity index (χ3n) is 2.28. The zero-order valence-electron chi connectivity index (χ0n) is 9.54. The number of carbonyl (C=O) groups is 1. The van der Waals surface area contributed by atoms with Gasteiger partial charge in [0.15, 0.2) is 0 Å². The van der Waals surface area contributed by atoms with E-state index < -0.39 is 0 Å². The normalized spacial score (nSPS) is 10.3. The van der Waals surface area contributed by atoms with Crippen molar-refractivity contribution in [2.24, 2.45) is 0 Å². The third kappa shape index (κ3) is 7.63. The molecule has 0 bridgehead atoms. The molecule has 0 radical (unpaired) electrons. The van der Waals surface area contributed by atoms with Crippen LogP contribution in [-0.4, -0.2) is 41.5 Å². The van der Waals surface area contributed by atoms with Gasteiger partial charge in [-0.2, -0.15) is 0 Å². The van der Waals surface area contributed by atoms with Crippen LogP contribution >= 0.6 is 11.6 Å². The minimum atomic E-state index is 0.0466. The first-order chi connectivity index (χ1) is 7.26. The Bertz CT molecular complexity index is 165. The maximum absolute atomic E-state index is 11.7. The number of rotatable bonds is 9. The molecule has 0 atom stereocenters. The predicted molar refractivity (Wildman–Crippen MR) is 63.1 cm³/mol. The number of amides is 1. The van der Waals surface area contributed by atoms with Crippen molar-refractivity contribution in [2.45, 2.75) is 39.0 Å². The van der Waals surface area contributed by atoms with Crippen LogP contribution in [0.25, 0.3) is 0 Å². The summed E-state index contributed by atoms with van der Waals surface area (Å²) >= 11 is 5.54. The lowest BCUT2D eigenvalue weighted by atomic mass is 10.2. The standard InChI is InChI=1S/C11H22ClNO2/c1-2-3-8-13(9-10-14)11(15)6-4-5-7-12/h14H,2-10H2,1H3. The molecule has 0 aliphatic heterocycles. The molecule has 15 heavy (non-hydrogen) atoms. The fourth-order valence-electron chi connectivity index (χ4n) is 1.36. The topological polar surface area (TPSA) is 40.5 Å². The molecule has 0 aliphatic rings. The van der Waals surface area contributed by atoms with Crippen LogP contribution in [-0.2, 0) is 4.79 Å². The first-order valence-corrected chi connectivity index (χ1v) is 6.24. The van der Waals surface area contributed by atoms with Gasteiger partial charge in [0, 0.05) is 25.4 Å². The highest BCUT2D eigenvalue weighted by Crippen LogP contribution is 2.03. The number of halogens is 1. The molecule has 4 heteroatoms. The average Bonchev–Trinajstić information content (AvgIpc) is 2.24. The van der Waals surface area contributed by atoms with E-state index in [4.69, 9.17) is 16.7 Å². The molecule has 0 aromatic carbocycles. The number of aliphatic hydroxyl groups excluding tert-OH is 1. The number of alkyl halides is 1. The maximum Gasteiger partial charge on any atom is 0.222 e. The molecular weight excluding hydrogens is 214 g/mol. The summed E-state index contributed by atoms with van der Waals surface area (Å²) in [7, 11) is 0. The van der Waals surface area contributed by atoms with Crippen molar-refractivity contribution in [3.8, 4) is 0 Å². The summed E-state index contributed by atoms with van der Waals surface area (Å²) in [6.45, 7) is 3.36. The molecule has 1 N–H and O–H groups in total. The summed E-state index contributed by atoms with van der Waals surface area (Å²) in [5.41, 5.74) is 0. The average molecular weight is 236 g/mol. The second-order valence-electron chi connectivity index (χ2n) is 3.60. The van der Waals surface area contributed by atoms with Gasteiger partial charge in [0.1, 0.15) is 0 Å². The summed E-state index contributed by atoms with van der Waals surface area (Å²) < 4.78 is 0. The van der Waals surface area contributed by atoms with Gasteiger partial charge >= 0.3 is 0 Å². The Balaban J connectivity index is 3.81. The van der Waals surface area contributed by atoms with E-state index in [0.29, 0.717) is 18.8 Å². The molecule has 90 valence electrons. The van der Waals surface area contributed by atoms with Gasteiger partial charge in [-0.25, -0.2) is 0 Å². The van der Waals surface area contributed by atoms with Crippen LogP contribution in [0, 0.1) is 0 Å². The summed E-state index contributed by atoms with van der Waals surface area (Å²) in [6.07, 6.45) is 4.35. The molecule has 0 unspecified atom stereocenters. The van der Waals surface area contributed by atoms with E-state index >= 15 is 0 Å². The molecule has 0 saturated carbocycles. The summed E-state index contributed by atoms with van der Waals surface area (Å²) in [6, 6.07) is 0. The van der Waals surface area contributed by atoms with Crippen LogP contribution in [0.15, 0.2) is 0 Å². The summed E-state index contributed by atoms with van der Waals surface area (Å²) in [5, 5.41) is 8.84.